The van der Waals surface area contributed by atoms with E-state index in [0.717, 1.165) is 0 Å². The van der Waals surface area contributed by atoms with E-state index < -0.39 is 54.1 Å². The number of hydrogen-bond acceptors (Lipinski definition) is 10. The first-order valence-corrected chi connectivity index (χ1v) is 10.4. The Hall–Kier alpha value is -3.18. The van der Waals surface area contributed by atoms with Crippen molar-refractivity contribution < 1.29 is 49.3 Å². The first kappa shape index (κ1) is 23.0. The van der Waals surface area contributed by atoms with Gasteiger partial charge in [-0.05, 0) is 30.7 Å². The molecule has 0 radical (unpaired) electrons. The predicted molar refractivity (Wildman–Crippen MR) is 111 cm³/mol. The number of aliphatic hydroxyl groups is 3. The van der Waals surface area contributed by atoms with Gasteiger partial charge in [-0.3, -0.25) is 4.79 Å². The number of phenols is 2. The molecule has 0 bridgehead atoms. The Morgan fingerprint density at radius 1 is 1.06 bits per heavy atom. The fourth-order valence-corrected chi connectivity index (χ4v) is 4.13. The molecule has 2 aromatic carbocycles. The molecule has 33 heavy (non-hydrogen) atoms. The number of para-hydroxylation sites is 1. The summed E-state index contributed by atoms with van der Waals surface area (Å²) in [5.41, 5.74) is 0.416. The second kappa shape index (κ2) is 8.99. The molecule has 10 nitrogen and oxygen atoms in total. The molecule has 2 aromatic rings. The lowest BCUT2D eigenvalue weighted by Gasteiger charge is -2.40. The molecule has 0 spiro atoms. The third-order valence-electron chi connectivity index (χ3n) is 5.77. The van der Waals surface area contributed by atoms with E-state index in [-0.39, 0.29) is 35.7 Å². The standard InChI is InChI=1S/C23H24O10/c1-2-31-23(30)22-20(29)18(27)19(28)21(33-22)10-7-13(25)17-14(26)9-15(32-16(17)8-10)11-5-3-4-6-12(11)24/h3-8,15,18-22,24-25,27-29H,2,9H2,1H3/t15-,18+,19+,20-,21-,22-/m0/s1. The van der Waals surface area contributed by atoms with E-state index in [0.29, 0.717) is 5.56 Å². The molecule has 0 aliphatic carbocycles. The maximum atomic E-state index is 12.7. The van der Waals surface area contributed by atoms with Crippen molar-refractivity contribution in [2.24, 2.45) is 0 Å². The van der Waals surface area contributed by atoms with Crippen molar-refractivity contribution in [2.45, 2.75) is 50.0 Å². The molecule has 5 N–H and O–H groups in total. The van der Waals surface area contributed by atoms with Crippen LogP contribution in [-0.2, 0) is 14.3 Å². The number of ether oxygens (including phenoxy) is 3. The Morgan fingerprint density at radius 2 is 1.79 bits per heavy atom. The van der Waals surface area contributed by atoms with Gasteiger partial charge in [0.25, 0.3) is 0 Å². The highest BCUT2D eigenvalue weighted by Crippen LogP contribution is 2.44. The van der Waals surface area contributed by atoms with Crippen LogP contribution in [0.3, 0.4) is 0 Å². The highest BCUT2D eigenvalue weighted by atomic mass is 16.6. The highest BCUT2D eigenvalue weighted by molar-refractivity contribution is 6.02. The van der Waals surface area contributed by atoms with Gasteiger partial charge in [-0.1, -0.05) is 18.2 Å². The number of fused-ring (bicyclic) bond motifs is 1. The summed E-state index contributed by atoms with van der Waals surface area (Å²) in [6, 6.07) is 8.89. The second-order valence-corrected chi connectivity index (χ2v) is 7.91. The number of rotatable bonds is 4. The highest BCUT2D eigenvalue weighted by Gasteiger charge is 2.48. The smallest absolute Gasteiger partial charge is 0.338 e. The molecule has 176 valence electrons. The lowest BCUT2D eigenvalue weighted by atomic mass is 9.88. The topological polar surface area (TPSA) is 163 Å². The Kier molecular flexibility index (Phi) is 6.26. The zero-order valence-corrected chi connectivity index (χ0v) is 17.6. The summed E-state index contributed by atoms with van der Waals surface area (Å²) < 4.78 is 16.3. The van der Waals surface area contributed by atoms with Gasteiger partial charge >= 0.3 is 5.97 Å². The minimum Gasteiger partial charge on any atom is -0.508 e. The molecule has 1 saturated heterocycles. The first-order valence-electron chi connectivity index (χ1n) is 10.4. The number of carbonyl (C=O) groups excluding carboxylic acids is 2. The number of Topliss-reactive ketones (excluding diaryl/α,β-unsaturated/α-hetero) is 1. The normalized spacial score (nSPS) is 29.2. The van der Waals surface area contributed by atoms with Crippen molar-refractivity contribution in [3.05, 3.63) is 53.1 Å². The number of aromatic hydroxyl groups is 2. The van der Waals surface area contributed by atoms with E-state index in [4.69, 9.17) is 14.2 Å². The second-order valence-electron chi connectivity index (χ2n) is 7.91. The molecular weight excluding hydrogens is 436 g/mol. The van der Waals surface area contributed by atoms with E-state index >= 15 is 0 Å². The Morgan fingerprint density at radius 3 is 2.48 bits per heavy atom. The molecular formula is C23H24O10. The molecule has 6 atom stereocenters. The Labute approximate surface area is 188 Å². The minimum atomic E-state index is -1.74. The Balaban J connectivity index is 1.69. The van der Waals surface area contributed by atoms with Crippen LogP contribution >= 0.6 is 0 Å². The number of benzene rings is 2. The van der Waals surface area contributed by atoms with Crippen LogP contribution in [0.1, 0.15) is 47.0 Å². The molecule has 4 rings (SSSR count). The number of hydrogen-bond donors (Lipinski definition) is 5. The largest absolute Gasteiger partial charge is 0.508 e. The summed E-state index contributed by atoms with van der Waals surface area (Å²) in [5, 5.41) is 51.6. The minimum absolute atomic E-state index is 0.0119. The van der Waals surface area contributed by atoms with E-state index in [1.165, 1.54) is 18.2 Å². The van der Waals surface area contributed by atoms with Crippen molar-refractivity contribution in [1.29, 1.82) is 0 Å². The summed E-state index contributed by atoms with van der Waals surface area (Å²) in [5.74, 6) is -1.85. The van der Waals surface area contributed by atoms with Crippen LogP contribution in [0.15, 0.2) is 36.4 Å². The predicted octanol–water partition coefficient (Wildman–Crippen LogP) is 0.890. The number of carbonyl (C=O) groups is 2. The summed E-state index contributed by atoms with van der Waals surface area (Å²) in [7, 11) is 0. The maximum Gasteiger partial charge on any atom is 0.338 e. The van der Waals surface area contributed by atoms with Gasteiger partial charge in [0.1, 0.15) is 53.3 Å². The zero-order chi connectivity index (χ0) is 23.9. The van der Waals surface area contributed by atoms with Crippen molar-refractivity contribution in [3.8, 4) is 17.2 Å². The fraction of sp³-hybridized carbons (Fsp3) is 0.391. The molecule has 0 aromatic heterocycles. The monoisotopic (exact) mass is 460 g/mol. The summed E-state index contributed by atoms with van der Waals surface area (Å²) >= 11 is 0. The van der Waals surface area contributed by atoms with Gasteiger partial charge in [0.05, 0.1) is 13.0 Å². The van der Waals surface area contributed by atoms with Crippen LogP contribution in [0.4, 0.5) is 0 Å². The molecule has 0 unspecified atom stereocenters. The van der Waals surface area contributed by atoms with E-state index in [9.17, 15) is 35.1 Å². The number of phenolic OH excluding ortho intramolecular Hbond substituents is 2. The van der Waals surface area contributed by atoms with Gasteiger partial charge in [-0.15, -0.1) is 0 Å². The number of esters is 1. The SMILES string of the molecule is CCOC(=O)[C@H]1O[C@@H](c2cc(O)c3c(c2)O[C@H](c2ccccc2O)CC3=O)[C@H](O)[C@@H](O)[C@@H]1O. The van der Waals surface area contributed by atoms with Gasteiger partial charge in [-0.25, -0.2) is 4.79 Å². The molecule has 0 amide bonds. The van der Waals surface area contributed by atoms with Crippen LogP contribution in [0.25, 0.3) is 0 Å². The van der Waals surface area contributed by atoms with Crippen molar-refractivity contribution in [2.75, 3.05) is 6.61 Å². The summed E-state index contributed by atoms with van der Waals surface area (Å²) in [4.78, 5) is 24.9. The van der Waals surface area contributed by atoms with Gasteiger partial charge in [0.15, 0.2) is 11.9 Å². The van der Waals surface area contributed by atoms with Crippen LogP contribution in [0.5, 0.6) is 17.2 Å². The third-order valence-corrected chi connectivity index (χ3v) is 5.77. The average Bonchev–Trinajstić information content (AvgIpc) is 2.77. The van der Waals surface area contributed by atoms with E-state index in [1.54, 1.807) is 25.1 Å². The molecule has 1 fully saturated rings. The Bertz CT molecular complexity index is 1070. The molecule has 0 saturated carbocycles. The summed E-state index contributed by atoms with van der Waals surface area (Å²) in [6.07, 6.45) is -9.00. The fourth-order valence-electron chi connectivity index (χ4n) is 4.13. The van der Waals surface area contributed by atoms with Gasteiger partial charge in [-0.2, -0.15) is 0 Å². The van der Waals surface area contributed by atoms with Crippen LogP contribution in [-0.4, -0.2) is 68.3 Å². The molecule has 2 aliphatic heterocycles. The van der Waals surface area contributed by atoms with Crippen molar-refractivity contribution >= 4 is 11.8 Å². The zero-order valence-electron chi connectivity index (χ0n) is 17.6. The quantitative estimate of drug-likeness (QED) is 0.414. The van der Waals surface area contributed by atoms with Crippen molar-refractivity contribution in [1.82, 2.24) is 0 Å². The average molecular weight is 460 g/mol. The van der Waals surface area contributed by atoms with Gasteiger partial charge in [0, 0.05) is 5.56 Å². The van der Waals surface area contributed by atoms with Gasteiger partial charge in [0.2, 0.25) is 0 Å². The molecule has 2 heterocycles. The summed E-state index contributed by atoms with van der Waals surface area (Å²) in [6.45, 7) is 1.57. The van der Waals surface area contributed by atoms with E-state index in [1.807, 2.05) is 0 Å². The lowest BCUT2D eigenvalue weighted by molar-refractivity contribution is -0.232. The lowest BCUT2D eigenvalue weighted by Crippen LogP contribution is -2.57. The number of ketones is 1. The number of aliphatic hydroxyl groups excluding tert-OH is 3. The van der Waals surface area contributed by atoms with Gasteiger partial charge < -0.3 is 39.7 Å². The van der Waals surface area contributed by atoms with Crippen LogP contribution in [0.2, 0.25) is 0 Å². The molecule has 10 heteroatoms. The van der Waals surface area contributed by atoms with Crippen molar-refractivity contribution in [3.63, 3.8) is 0 Å². The van der Waals surface area contributed by atoms with Crippen LogP contribution < -0.4 is 4.74 Å². The first-order chi connectivity index (χ1) is 15.7. The van der Waals surface area contributed by atoms with Crippen LogP contribution in [0, 0.1) is 0 Å². The van der Waals surface area contributed by atoms with E-state index in [2.05, 4.69) is 0 Å². The third kappa shape index (κ3) is 4.13. The molecule has 2 aliphatic rings. The maximum absolute atomic E-state index is 12.7.